The lowest BCUT2D eigenvalue weighted by atomic mass is 9.97. The summed E-state index contributed by atoms with van der Waals surface area (Å²) in [5.74, 6) is 0.113. The lowest BCUT2D eigenvalue weighted by molar-refractivity contribution is 0.0663. The Morgan fingerprint density at radius 3 is 2.54 bits per heavy atom. The molecule has 0 aliphatic carbocycles. The van der Waals surface area contributed by atoms with Gasteiger partial charge in [-0.3, -0.25) is 4.79 Å². The molecule has 132 valence electrons. The molecule has 0 fully saturated rings. The zero-order valence-electron chi connectivity index (χ0n) is 14.9. The Morgan fingerprint density at radius 2 is 1.77 bits per heavy atom. The van der Waals surface area contributed by atoms with Crippen molar-refractivity contribution in [2.45, 2.75) is 26.4 Å². The van der Waals surface area contributed by atoms with Crippen molar-refractivity contribution in [3.8, 4) is 0 Å². The van der Waals surface area contributed by atoms with Gasteiger partial charge in [-0.15, -0.1) is 0 Å². The second-order valence-corrected chi connectivity index (χ2v) is 8.02. The predicted molar refractivity (Wildman–Crippen MR) is 112 cm³/mol. The topological polar surface area (TPSA) is 25.2 Å². The first-order valence-electron chi connectivity index (χ1n) is 8.84. The number of fused-ring (bicyclic) bond motifs is 1. The van der Waals surface area contributed by atoms with Crippen molar-refractivity contribution in [3.63, 3.8) is 0 Å². The number of aryl methyl sites for hydroxylation is 2. The Labute approximate surface area is 167 Å². The minimum Gasteiger partial charge on any atom is -0.348 e. The van der Waals surface area contributed by atoms with E-state index in [1.165, 1.54) is 11.3 Å². The van der Waals surface area contributed by atoms with Crippen molar-refractivity contribution in [3.05, 3.63) is 92.3 Å². The van der Waals surface area contributed by atoms with Gasteiger partial charge in [0, 0.05) is 34.1 Å². The quantitative estimate of drug-likeness (QED) is 0.501. The number of hydrogen-bond acceptors (Lipinski definition) is 1. The van der Waals surface area contributed by atoms with Gasteiger partial charge in [-0.2, -0.15) is 0 Å². The molecule has 0 N–H and O–H groups in total. The summed E-state index contributed by atoms with van der Waals surface area (Å²) in [4.78, 5) is 15.5. The number of rotatable bonds is 2. The number of carbonyl (C=O) groups excluding carboxylic acids is 1. The molecule has 0 spiro atoms. The molecule has 1 unspecified atom stereocenters. The highest BCUT2D eigenvalue weighted by Crippen LogP contribution is 2.34. The molecule has 3 aromatic rings. The minimum absolute atomic E-state index is 0.0502. The summed E-state index contributed by atoms with van der Waals surface area (Å²) in [6.07, 6.45) is 2.10. The number of halogens is 1. The van der Waals surface area contributed by atoms with Crippen LogP contribution >= 0.6 is 22.6 Å². The van der Waals surface area contributed by atoms with Gasteiger partial charge in [0.25, 0.3) is 5.91 Å². The summed E-state index contributed by atoms with van der Waals surface area (Å²) in [6, 6.07) is 18.6. The molecular formula is C22H21IN2O. The Balaban J connectivity index is 1.80. The van der Waals surface area contributed by atoms with E-state index in [1.54, 1.807) is 0 Å². The molecule has 2 aromatic carbocycles. The average molecular weight is 456 g/mol. The second-order valence-electron chi connectivity index (χ2n) is 6.85. The summed E-state index contributed by atoms with van der Waals surface area (Å²) < 4.78 is 3.39. The molecular weight excluding hydrogens is 435 g/mol. The Morgan fingerprint density at radius 1 is 1.00 bits per heavy atom. The van der Waals surface area contributed by atoms with Gasteiger partial charge in [0.05, 0.1) is 6.04 Å². The van der Waals surface area contributed by atoms with Crippen molar-refractivity contribution < 1.29 is 4.79 Å². The summed E-state index contributed by atoms with van der Waals surface area (Å²) in [5.41, 5.74) is 5.39. The van der Waals surface area contributed by atoms with Gasteiger partial charge in [0.2, 0.25) is 0 Å². The van der Waals surface area contributed by atoms with Gasteiger partial charge in [-0.25, -0.2) is 0 Å². The predicted octanol–water partition coefficient (Wildman–Crippen LogP) is 4.95. The SMILES string of the molecule is Cc1cc(C)c(C(=O)N2CCn3cccc3C2c2ccccc2)cc1I. The van der Waals surface area contributed by atoms with E-state index in [2.05, 4.69) is 70.6 Å². The molecule has 1 aliphatic rings. The molecule has 3 nitrogen and oxygen atoms in total. The van der Waals surface area contributed by atoms with E-state index >= 15 is 0 Å². The lowest BCUT2D eigenvalue weighted by Gasteiger charge is -2.37. The number of aromatic nitrogens is 1. The van der Waals surface area contributed by atoms with Crippen molar-refractivity contribution in [1.29, 1.82) is 0 Å². The largest absolute Gasteiger partial charge is 0.348 e. The van der Waals surface area contributed by atoms with Gasteiger partial charge in [0.15, 0.2) is 0 Å². The lowest BCUT2D eigenvalue weighted by Crippen LogP contribution is -2.42. The van der Waals surface area contributed by atoms with Gasteiger partial charge in [-0.05, 0) is 71.3 Å². The van der Waals surface area contributed by atoms with Crippen LogP contribution in [0.5, 0.6) is 0 Å². The Hall–Kier alpha value is -2.08. The smallest absolute Gasteiger partial charge is 0.255 e. The highest BCUT2D eigenvalue weighted by atomic mass is 127. The van der Waals surface area contributed by atoms with Crippen LogP contribution in [0.4, 0.5) is 0 Å². The van der Waals surface area contributed by atoms with Crippen LogP contribution in [-0.2, 0) is 6.54 Å². The number of benzene rings is 2. The number of hydrogen-bond donors (Lipinski definition) is 0. The van der Waals surface area contributed by atoms with Crippen LogP contribution in [0.1, 0.15) is 38.8 Å². The Bertz CT molecular complexity index is 962. The van der Waals surface area contributed by atoms with E-state index in [-0.39, 0.29) is 11.9 Å². The normalized spacial score (nSPS) is 16.4. The van der Waals surface area contributed by atoms with Crippen LogP contribution in [0.25, 0.3) is 0 Å². The number of nitrogens with zero attached hydrogens (tertiary/aromatic N) is 2. The fraction of sp³-hybridized carbons (Fsp3) is 0.227. The summed E-state index contributed by atoms with van der Waals surface area (Å²) in [5, 5.41) is 0. The van der Waals surface area contributed by atoms with E-state index < -0.39 is 0 Å². The zero-order chi connectivity index (χ0) is 18.3. The molecule has 0 radical (unpaired) electrons. The van der Waals surface area contributed by atoms with Crippen LogP contribution < -0.4 is 0 Å². The van der Waals surface area contributed by atoms with Crippen LogP contribution in [0.3, 0.4) is 0 Å². The fourth-order valence-corrected chi connectivity index (χ4v) is 4.27. The van der Waals surface area contributed by atoms with Crippen LogP contribution in [0.2, 0.25) is 0 Å². The van der Waals surface area contributed by atoms with Gasteiger partial charge >= 0.3 is 0 Å². The van der Waals surface area contributed by atoms with E-state index in [0.717, 1.165) is 26.8 Å². The molecule has 0 saturated heterocycles. The first-order valence-corrected chi connectivity index (χ1v) is 9.92. The molecule has 4 heteroatoms. The molecule has 26 heavy (non-hydrogen) atoms. The van der Waals surface area contributed by atoms with E-state index in [1.807, 2.05) is 36.1 Å². The monoisotopic (exact) mass is 456 g/mol. The van der Waals surface area contributed by atoms with Crippen LogP contribution in [-0.4, -0.2) is 21.9 Å². The van der Waals surface area contributed by atoms with Crippen molar-refractivity contribution >= 4 is 28.5 Å². The molecule has 4 rings (SSSR count). The molecule has 1 aromatic heterocycles. The third kappa shape index (κ3) is 2.96. The molecule has 1 aliphatic heterocycles. The fourth-order valence-electron chi connectivity index (χ4n) is 3.80. The number of carbonyl (C=O) groups is 1. The highest BCUT2D eigenvalue weighted by molar-refractivity contribution is 14.1. The maximum absolute atomic E-state index is 13.5. The summed E-state index contributed by atoms with van der Waals surface area (Å²) in [7, 11) is 0. The van der Waals surface area contributed by atoms with E-state index in [9.17, 15) is 4.79 Å². The van der Waals surface area contributed by atoms with Crippen molar-refractivity contribution in [2.24, 2.45) is 0 Å². The molecule has 0 bridgehead atoms. The van der Waals surface area contributed by atoms with Crippen molar-refractivity contribution in [1.82, 2.24) is 9.47 Å². The summed E-state index contributed by atoms with van der Waals surface area (Å²) >= 11 is 2.31. The zero-order valence-corrected chi connectivity index (χ0v) is 17.1. The van der Waals surface area contributed by atoms with Gasteiger partial charge in [-0.1, -0.05) is 36.4 Å². The maximum Gasteiger partial charge on any atom is 0.255 e. The van der Waals surface area contributed by atoms with Crippen LogP contribution in [0.15, 0.2) is 60.8 Å². The van der Waals surface area contributed by atoms with E-state index in [4.69, 9.17) is 0 Å². The highest BCUT2D eigenvalue weighted by Gasteiger charge is 2.33. The van der Waals surface area contributed by atoms with Crippen molar-refractivity contribution in [2.75, 3.05) is 6.54 Å². The first kappa shape index (κ1) is 17.3. The average Bonchev–Trinajstić information content (AvgIpc) is 3.13. The maximum atomic E-state index is 13.5. The standard InChI is InChI=1S/C22H21IN2O/c1-15-13-16(2)19(23)14-18(15)22(26)25-12-11-24-10-6-9-20(24)21(25)17-7-4-3-5-8-17/h3-10,13-14,21H,11-12H2,1-2H3. The van der Waals surface area contributed by atoms with Crippen LogP contribution in [0, 0.1) is 17.4 Å². The molecule has 1 atom stereocenters. The molecule has 2 heterocycles. The van der Waals surface area contributed by atoms with Gasteiger partial charge in [0.1, 0.15) is 0 Å². The molecule has 0 saturated carbocycles. The third-order valence-corrected chi connectivity index (χ3v) is 6.31. The molecule has 1 amide bonds. The third-order valence-electron chi connectivity index (χ3n) is 5.15. The summed E-state index contributed by atoms with van der Waals surface area (Å²) in [6.45, 7) is 5.66. The second kappa shape index (κ2) is 6.91. The minimum atomic E-state index is -0.0502. The van der Waals surface area contributed by atoms with E-state index in [0.29, 0.717) is 6.54 Å². The Kier molecular flexibility index (Phi) is 4.61. The van der Waals surface area contributed by atoms with Gasteiger partial charge < -0.3 is 9.47 Å². The first-order chi connectivity index (χ1) is 12.6. The number of amides is 1.